The summed E-state index contributed by atoms with van der Waals surface area (Å²) in [6.07, 6.45) is 4.72. The lowest BCUT2D eigenvalue weighted by Crippen LogP contribution is -2.41. The van der Waals surface area contributed by atoms with E-state index in [0.717, 1.165) is 34.3 Å². The Morgan fingerprint density at radius 3 is 2.89 bits per heavy atom. The van der Waals surface area contributed by atoms with Crippen LogP contribution < -0.4 is 0 Å². The summed E-state index contributed by atoms with van der Waals surface area (Å²) in [5, 5.41) is 10.8. The smallest absolute Gasteiger partial charge is 0.233 e. The van der Waals surface area contributed by atoms with Gasteiger partial charge < -0.3 is 9.64 Å². The number of morpholine rings is 1. The highest BCUT2D eigenvalue weighted by Gasteiger charge is 2.23. The summed E-state index contributed by atoms with van der Waals surface area (Å²) in [6, 6.07) is 0. The van der Waals surface area contributed by atoms with Gasteiger partial charge in [-0.2, -0.15) is 0 Å². The number of nitrogens with zero attached hydrogens (tertiary/aromatic N) is 5. The van der Waals surface area contributed by atoms with Crippen molar-refractivity contribution in [3.63, 3.8) is 0 Å². The molecule has 3 aromatic rings. The Balaban J connectivity index is 1.48. The highest BCUT2D eigenvalue weighted by Crippen LogP contribution is 2.38. The van der Waals surface area contributed by atoms with Gasteiger partial charge >= 0.3 is 0 Å². The minimum Gasteiger partial charge on any atom is -0.378 e. The molecule has 1 amide bonds. The van der Waals surface area contributed by atoms with Crippen molar-refractivity contribution < 1.29 is 9.53 Å². The second-order valence-corrected chi connectivity index (χ2v) is 9.00. The maximum Gasteiger partial charge on any atom is 0.233 e. The van der Waals surface area contributed by atoms with Gasteiger partial charge in [-0.25, -0.2) is 4.98 Å². The Hall–Kier alpha value is -1.71. The van der Waals surface area contributed by atoms with Gasteiger partial charge in [0.05, 0.1) is 24.4 Å². The third kappa shape index (κ3) is 3.01. The molecule has 1 saturated heterocycles. The van der Waals surface area contributed by atoms with Crippen LogP contribution in [0.4, 0.5) is 0 Å². The van der Waals surface area contributed by atoms with Crippen LogP contribution in [0.3, 0.4) is 0 Å². The molecule has 1 aliphatic heterocycles. The van der Waals surface area contributed by atoms with Crippen LogP contribution >= 0.6 is 23.1 Å². The number of hydrogen-bond acceptors (Lipinski definition) is 7. The molecule has 0 spiro atoms. The number of thiophene rings is 1. The molecule has 0 bridgehead atoms. The fourth-order valence-electron chi connectivity index (χ4n) is 3.91. The van der Waals surface area contributed by atoms with Crippen molar-refractivity contribution >= 4 is 44.9 Å². The van der Waals surface area contributed by atoms with Crippen molar-refractivity contribution in [2.75, 3.05) is 32.1 Å². The lowest BCUT2D eigenvalue weighted by Gasteiger charge is -2.26. The molecule has 27 heavy (non-hydrogen) atoms. The third-order valence-corrected chi connectivity index (χ3v) is 7.38. The second-order valence-electron chi connectivity index (χ2n) is 6.97. The molecular weight excluding hydrogens is 382 g/mol. The molecule has 0 unspecified atom stereocenters. The van der Waals surface area contributed by atoms with Crippen LogP contribution in [0.5, 0.6) is 0 Å². The van der Waals surface area contributed by atoms with Crippen LogP contribution in [0.25, 0.3) is 15.9 Å². The molecule has 0 saturated carbocycles. The van der Waals surface area contributed by atoms with Gasteiger partial charge in [0.1, 0.15) is 10.7 Å². The largest absolute Gasteiger partial charge is 0.378 e. The number of aromatic nitrogens is 4. The SMILES string of the molecule is Cc1nc2sc3c(c2c2nnc(SCC(=O)N4CCOCC4)n12)CCCC3. The maximum atomic E-state index is 12.5. The first kappa shape index (κ1) is 17.4. The zero-order chi connectivity index (χ0) is 18.4. The van der Waals surface area contributed by atoms with Gasteiger partial charge in [-0.15, -0.1) is 21.5 Å². The van der Waals surface area contributed by atoms with Gasteiger partial charge in [0.25, 0.3) is 0 Å². The van der Waals surface area contributed by atoms with Crippen LogP contribution in [0.1, 0.15) is 29.1 Å². The van der Waals surface area contributed by atoms with Gasteiger partial charge in [0.15, 0.2) is 10.8 Å². The van der Waals surface area contributed by atoms with Crippen LogP contribution in [0.2, 0.25) is 0 Å². The van der Waals surface area contributed by atoms with Crippen molar-refractivity contribution in [3.8, 4) is 0 Å². The molecule has 3 aromatic heterocycles. The fraction of sp³-hybridized carbons (Fsp3) is 0.556. The molecule has 4 heterocycles. The molecule has 0 atom stereocenters. The number of ether oxygens (including phenoxy) is 1. The summed E-state index contributed by atoms with van der Waals surface area (Å²) in [6.45, 7) is 4.57. The van der Waals surface area contributed by atoms with Crippen LogP contribution in [0.15, 0.2) is 5.16 Å². The lowest BCUT2D eigenvalue weighted by atomic mass is 9.97. The van der Waals surface area contributed by atoms with E-state index in [1.54, 1.807) is 11.3 Å². The molecule has 2 aliphatic rings. The van der Waals surface area contributed by atoms with E-state index in [0.29, 0.717) is 32.1 Å². The van der Waals surface area contributed by atoms with E-state index < -0.39 is 0 Å². The quantitative estimate of drug-likeness (QED) is 0.626. The van der Waals surface area contributed by atoms with E-state index in [9.17, 15) is 4.79 Å². The van der Waals surface area contributed by atoms with E-state index in [2.05, 4.69) is 10.2 Å². The second kappa shape index (κ2) is 7.03. The first-order valence-electron chi connectivity index (χ1n) is 9.36. The summed E-state index contributed by atoms with van der Waals surface area (Å²) < 4.78 is 7.33. The number of carbonyl (C=O) groups is 1. The van der Waals surface area contributed by atoms with E-state index in [-0.39, 0.29) is 5.91 Å². The standard InChI is InChI=1S/C18H21N5O2S2/c1-11-19-17-15(12-4-2-3-5-13(12)27-17)16-20-21-18(23(11)16)26-10-14(24)22-6-8-25-9-7-22/h2-10H2,1H3. The van der Waals surface area contributed by atoms with Crippen molar-refractivity contribution in [2.24, 2.45) is 0 Å². The van der Waals surface area contributed by atoms with Crippen molar-refractivity contribution in [1.82, 2.24) is 24.5 Å². The monoisotopic (exact) mass is 403 g/mol. The number of fused-ring (bicyclic) bond motifs is 5. The molecule has 1 aliphatic carbocycles. The number of amides is 1. The number of aryl methyl sites for hydroxylation is 3. The highest BCUT2D eigenvalue weighted by molar-refractivity contribution is 7.99. The van der Waals surface area contributed by atoms with E-state index in [1.165, 1.54) is 40.4 Å². The molecule has 5 rings (SSSR count). The van der Waals surface area contributed by atoms with Gasteiger partial charge in [0, 0.05) is 18.0 Å². The number of rotatable bonds is 3. The highest BCUT2D eigenvalue weighted by atomic mass is 32.2. The van der Waals surface area contributed by atoms with E-state index >= 15 is 0 Å². The predicted octanol–water partition coefficient (Wildman–Crippen LogP) is 2.48. The lowest BCUT2D eigenvalue weighted by molar-refractivity contribution is -0.132. The Morgan fingerprint density at radius 1 is 1.22 bits per heavy atom. The molecule has 0 radical (unpaired) electrons. The van der Waals surface area contributed by atoms with Crippen LogP contribution in [-0.2, 0) is 22.4 Å². The molecule has 142 valence electrons. The van der Waals surface area contributed by atoms with Crippen molar-refractivity contribution in [2.45, 2.75) is 37.8 Å². The van der Waals surface area contributed by atoms with Gasteiger partial charge in [0.2, 0.25) is 5.91 Å². The Morgan fingerprint density at radius 2 is 2.04 bits per heavy atom. The average Bonchev–Trinajstić information content (AvgIpc) is 3.28. The predicted molar refractivity (Wildman–Crippen MR) is 106 cm³/mol. The topological polar surface area (TPSA) is 72.6 Å². The molecule has 7 nitrogen and oxygen atoms in total. The third-order valence-electron chi connectivity index (χ3n) is 5.29. The molecule has 0 N–H and O–H groups in total. The number of hydrogen-bond donors (Lipinski definition) is 0. The van der Waals surface area contributed by atoms with Crippen LogP contribution in [0, 0.1) is 6.92 Å². The Bertz CT molecular complexity index is 1020. The molecule has 9 heteroatoms. The summed E-state index contributed by atoms with van der Waals surface area (Å²) in [5.41, 5.74) is 2.30. The van der Waals surface area contributed by atoms with Crippen molar-refractivity contribution in [1.29, 1.82) is 0 Å². The zero-order valence-electron chi connectivity index (χ0n) is 15.2. The normalized spacial score (nSPS) is 17.6. The number of carbonyl (C=O) groups excluding carboxylic acids is 1. The Labute approximate surface area is 165 Å². The van der Waals surface area contributed by atoms with Gasteiger partial charge in [-0.05, 0) is 38.2 Å². The maximum absolute atomic E-state index is 12.5. The fourth-order valence-corrected chi connectivity index (χ4v) is 6.09. The summed E-state index contributed by atoms with van der Waals surface area (Å²) in [4.78, 5) is 21.7. The number of thioether (sulfide) groups is 1. The molecule has 1 fully saturated rings. The minimum atomic E-state index is 0.125. The zero-order valence-corrected chi connectivity index (χ0v) is 16.9. The first-order chi connectivity index (χ1) is 13.2. The van der Waals surface area contributed by atoms with Crippen molar-refractivity contribution in [3.05, 3.63) is 16.3 Å². The Kier molecular flexibility index (Phi) is 4.53. The molecular formula is C18H21N5O2S2. The summed E-state index contributed by atoms with van der Waals surface area (Å²) in [5.74, 6) is 1.36. The van der Waals surface area contributed by atoms with Gasteiger partial charge in [-0.1, -0.05) is 11.8 Å². The van der Waals surface area contributed by atoms with E-state index in [1.807, 2.05) is 16.2 Å². The summed E-state index contributed by atoms with van der Waals surface area (Å²) >= 11 is 3.25. The first-order valence-corrected chi connectivity index (χ1v) is 11.2. The van der Waals surface area contributed by atoms with Gasteiger partial charge in [-0.3, -0.25) is 9.20 Å². The minimum absolute atomic E-state index is 0.125. The molecule has 0 aromatic carbocycles. The van der Waals surface area contributed by atoms with Crippen LogP contribution in [-0.4, -0.2) is 62.4 Å². The summed E-state index contributed by atoms with van der Waals surface area (Å²) in [7, 11) is 0. The average molecular weight is 404 g/mol. The van der Waals surface area contributed by atoms with E-state index in [4.69, 9.17) is 9.72 Å².